The number of ether oxygens (including phenoxy) is 3. The van der Waals surface area contributed by atoms with Crippen LogP contribution in [0.4, 0.5) is 5.69 Å². The predicted molar refractivity (Wildman–Crippen MR) is 162 cm³/mol. The molecule has 0 spiro atoms. The molecule has 3 aliphatic rings. The summed E-state index contributed by atoms with van der Waals surface area (Å²) >= 11 is 2.19. The average molecular weight is 672 g/mol. The van der Waals surface area contributed by atoms with Crippen molar-refractivity contribution in [1.82, 2.24) is 0 Å². The molecule has 1 heterocycles. The Balaban J connectivity index is 1.57. The minimum absolute atomic E-state index is 0.0110. The maximum absolute atomic E-state index is 13.7. The number of halogens is 1. The fourth-order valence-corrected chi connectivity index (χ4v) is 6.82. The first-order chi connectivity index (χ1) is 19.3. The van der Waals surface area contributed by atoms with Gasteiger partial charge in [-0.1, -0.05) is 27.7 Å². The lowest BCUT2D eigenvalue weighted by Gasteiger charge is -2.42. The zero-order valence-electron chi connectivity index (χ0n) is 24.0. The van der Waals surface area contributed by atoms with E-state index in [2.05, 4.69) is 50.3 Å². The van der Waals surface area contributed by atoms with Gasteiger partial charge in [-0.25, -0.2) is 0 Å². The smallest absolute Gasteiger partial charge is 0.269 e. The Hall–Kier alpha value is -3.21. The van der Waals surface area contributed by atoms with E-state index < -0.39 is 10.8 Å². The largest absolute Gasteiger partial charge is 0.490 e. The summed E-state index contributed by atoms with van der Waals surface area (Å²) in [5, 5.41) is 11.0. The molecule has 2 aliphatic carbocycles. The van der Waals surface area contributed by atoms with Crippen molar-refractivity contribution in [1.29, 1.82) is 0 Å². The summed E-state index contributed by atoms with van der Waals surface area (Å²) in [4.78, 5) is 37.9. The lowest BCUT2D eigenvalue weighted by molar-refractivity contribution is -0.384. The number of ketones is 2. The first-order valence-electron chi connectivity index (χ1n) is 13.8. The number of nitrogens with zero attached hydrogens (tertiary/aromatic N) is 1. The zero-order chi connectivity index (χ0) is 29.7. The molecule has 0 atom stereocenters. The second kappa shape index (κ2) is 10.9. The van der Waals surface area contributed by atoms with E-state index in [0.29, 0.717) is 66.5 Å². The number of nitro groups is 1. The molecule has 216 valence electrons. The van der Waals surface area contributed by atoms with Crippen LogP contribution in [-0.2, 0) is 20.9 Å². The van der Waals surface area contributed by atoms with Gasteiger partial charge in [0.25, 0.3) is 5.69 Å². The van der Waals surface area contributed by atoms with Gasteiger partial charge in [0.2, 0.25) is 0 Å². The van der Waals surface area contributed by atoms with Crippen LogP contribution in [0.2, 0.25) is 0 Å². The molecule has 2 aromatic carbocycles. The molecule has 0 unspecified atom stereocenters. The lowest BCUT2D eigenvalue weighted by Crippen LogP contribution is -2.37. The van der Waals surface area contributed by atoms with Gasteiger partial charge in [-0.3, -0.25) is 19.7 Å². The molecule has 0 bridgehead atoms. The molecule has 0 saturated carbocycles. The average Bonchev–Trinajstić information content (AvgIpc) is 2.85. The Kier molecular flexibility index (Phi) is 7.78. The summed E-state index contributed by atoms with van der Waals surface area (Å²) in [7, 11) is 0. The van der Waals surface area contributed by atoms with Crippen LogP contribution in [0.1, 0.15) is 77.3 Å². The van der Waals surface area contributed by atoms with Gasteiger partial charge in [0.15, 0.2) is 23.1 Å². The lowest BCUT2D eigenvalue weighted by atomic mass is 9.65. The Morgan fingerprint density at radius 1 is 0.927 bits per heavy atom. The normalized spacial score (nSPS) is 19.9. The van der Waals surface area contributed by atoms with Crippen molar-refractivity contribution < 1.29 is 28.7 Å². The van der Waals surface area contributed by atoms with E-state index in [1.54, 1.807) is 12.1 Å². The van der Waals surface area contributed by atoms with Crippen molar-refractivity contribution in [3.05, 3.63) is 83.9 Å². The van der Waals surface area contributed by atoms with Gasteiger partial charge < -0.3 is 14.2 Å². The number of carbonyl (C=O) groups is 2. The molecule has 0 fully saturated rings. The number of hydrogen-bond acceptors (Lipinski definition) is 7. The van der Waals surface area contributed by atoms with Gasteiger partial charge in [-0.05, 0) is 75.7 Å². The number of non-ortho nitro benzene ring substituents is 1. The minimum atomic E-state index is -0.530. The van der Waals surface area contributed by atoms with E-state index in [-0.39, 0.29) is 34.7 Å². The third-order valence-electron chi connectivity index (χ3n) is 7.78. The van der Waals surface area contributed by atoms with Crippen LogP contribution in [0.15, 0.2) is 59.1 Å². The summed E-state index contributed by atoms with van der Waals surface area (Å²) in [5.74, 6) is 1.89. The van der Waals surface area contributed by atoms with E-state index in [1.807, 2.05) is 19.1 Å². The first kappa shape index (κ1) is 29.3. The topological polar surface area (TPSA) is 105 Å². The minimum Gasteiger partial charge on any atom is -0.490 e. The van der Waals surface area contributed by atoms with Crippen molar-refractivity contribution in [3.63, 3.8) is 0 Å². The van der Waals surface area contributed by atoms with Gasteiger partial charge >= 0.3 is 0 Å². The number of nitro benzene ring substituents is 1. The third-order valence-corrected chi connectivity index (χ3v) is 8.58. The van der Waals surface area contributed by atoms with Crippen molar-refractivity contribution in [3.8, 4) is 11.5 Å². The van der Waals surface area contributed by atoms with Crippen LogP contribution in [0.5, 0.6) is 11.5 Å². The van der Waals surface area contributed by atoms with Gasteiger partial charge in [-0.15, -0.1) is 0 Å². The third kappa shape index (κ3) is 5.91. The zero-order valence-corrected chi connectivity index (χ0v) is 26.1. The molecule has 0 radical (unpaired) electrons. The Labute approximate surface area is 253 Å². The second-order valence-electron chi connectivity index (χ2n) is 12.6. The van der Waals surface area contributed by atoms with Crippen molar-refractivity contribution in [2.24, 2.45) is 10.8 Å². The Morgan fingerprint density at radius 2 is 1.49 bits per heavy atom. The molecule has 0 saturated heterocycles. The summed E-state index contributed by atoms with van der Waals surface area (Å²) in [6.45, 7) is 10.7. The maximum Gasteiger partial charge on any atom is 0.269 e. The fraction of sp³-hybridized carbons (Fsp3) is 0.438. The Morgan fingerprint density at radius 3 is 2.00 bits per heavy atom. The molecular formula is C32H34INO7. The molecule has 5 rings (SSSR count). The molecule has 0 N–H and O–H groups in total. The molecule has 8 nitrogen and oxygen atoms in total. The van der Waals surface area contributed by atoms with Crippen LogP contribution in [0.25, 0.3) is 0 Å². The van der Waals surface area contributed by atoms with E-state index >= 15 is 0 Å². The van der Waals surface area contributed by atoms with Crippen LogP contribution in [0.3, 0.4) is 0 Å². The molecule has 41 heavy (non-hydrogen) atoms. The van der Waals surface area contributed by atoms with E-state index in [1.165, 1.54) is 12.1 Å². The predicted octanol–water partition coefficient (Wildman–Crippen LogP) is 7.58. The fourth-order valence-electron chi connectivity index (χ4n) is 6.03. The number of carbonyl (C=O) groups excluding carboxylic acids is 2. The highest BCUT2D eigenvalue weighted by Crippen LogP contribution is 2.54. The number of hydrogen-bond donors (Lipinski definition) is 0. The molecule has 0 aromatic heterocycles. The van der Waals surface area contributed by atoms with E-state index in [9.17, 15) is 19.7 Å². The van der Waals surface area contributed by atoms with Crippen LogP contribution >= 0.6 is 22.6 Å². The number of rotatable bonds is 7. The summed E-state index contributed by atoms with van der Waals surface area (Å²) < 4.78 is 19.4. The quantitative estimate of drug-likeness (QED) is 0.170. The van der Waals surface area contributed by atoms with Crippen molar-refractivity contribution in [2.45, 2.75) is 72.8 Å². The monoisotopic (exact) mass is 671 g/mol. The van der Waals surface area contributed by atoms with E-state index in [4.69, 9.17) is 14.2 Å². The van der Waals surface area contributed by atoms with E-state index in [0.717, 1.165) is 14.7 Å². The molecule has 9 heteroatoms. The summed E-state index contributed by atoms with van der Waals surface area (Å²) in [6, 6.07) is 10.1. The number of Topliss-reactive ketones (excluding diaryl/α,β-unsaturated/α-hetero) is 2. The second-order valence-corrected chi connectivity index (χ2v) is 13.7. The van der Waals surface area contributed by atoms with Gasteiger partial charge in [-0.2, -0.15) is 0 Å². The summed E-state index contributed by atoms with van der Waals surface area (Å²) in [6.07, 6.45) is 2.03. The van der Waals surface area contributed by atoms with Crippen LogP contribution in [0, 0.1) is 24.5 Å². The van der Waals surface area contributed by atoms with Crippen LogP contribution < -0.4 is 9.47 Å². The molecular weight excluding hydrogens is 637 g/mol. The molecule has 1 aliphatic heterocycles. The maximum atomic E-state index is 13.7. The highest BCUT2D eigenvalue weighted by molar-refractivity contribution is 14.1. The SMILES string of the molecule is CCOc1cc(C2C3=C(CC(C)(C)CC3=O)OC3=C2C(=O)CC(C)(C)C3)cc(I)c1OCc1ccc([N+](=O)[O-])cc1. The number of benzene rings is 2. The molecule has 0 amide bonds. The number of allylic oxidation sites excluding steroid dienone is 4. The standard InChI is InChI=1S/C32H34INO7/c1-6-39-24-12-19(11-21(33)30(24)40-17-18-7-9-20(10-8-18)34(37)38)27-28-22(35)13-31(2,3)15-25(28)41-26-16-32(4,5)14-23(36)29(26)27/h7-12,27H,6,13-17H2,1-5H3. The van der Waals surface area contributed by atoms with Gasteiger partial charge in [0, 0.05) is 54.9 Å². The van der Waals surface area contributed by atoms with Crippen molar-refractivity contribution in [2.75, 3.05) is 6.61 Å². The van der Waals surface area contributed by atoms with Gasteiger partial charge in [0.05, 0.1) is 15.1 Å². The highest BCUT2D eigenvalue weighted by Gasteiger charge is 2.48. The Bertz CT molecular complexity index is 1450. The summed E-state index contributed by atoms with van der Waals surface area (Å²) in [5.41, 5.74) is 2.29. The first-order valence-corrected chi connectivity index (χ1v) is 14.9. The van der Waals surface area contributed by atoms with Crippen molar-refractivity contribution >= 4 is 39.8 Å². The molecule has 2 aromatic rings. The van der Waals surface area contributed by atoms with Crippen LogP contribution in [-0.4, -0.2) is 23.1 Å². The van der Waals surface area contributed by atoms with Gasteiger partial charge in [0.1, 0.15) is 18.1 Å². The highest BCUT2D eigenvalue weighted by atomic mass is 127.